The van der Waals surface area contributed by atoms with Gasteiger partial charge in [-0.2, -0.15) is 0 Å². The zero-order valence-corrected chi connectivity index (χ0v) is 20.6. The maximum absolute atomic E-state index is 12.5. The molecule has 0 spiro atoms. The molecule has 0 bridgehead atoms. The average Bonchev–Trinajstić information content (AvgIpc) is 3.44. The lowest BCUT2D eigenvalue weighted by Crippen LogP contribution is -2.28. The summed E-state index contributed by atoms with van der Waals surface area (Å²) in [4.78, 5) is 29.5. The number of thiazole rings is 1. The van der Waals surface area contributed by atoms with Crippen LogP contribution in [0, 0.1) is 6.92 Å². The number of aromatic nitrogens is 4. The largest absolute Gasteiger partial charge is 0.342 e. The third-order valence-electron chi connectivity index (χ3n) is 5.04. The van der Waals surface area contributed by atoms with Crippen LogP contribution in [-0.2, 0) is 11.8 Å². The second kappa shape index (κ2) is 10.6. The molecule has 0 saturated heterocycles. The van der Waals surface area contributed by atoms with E-state index in [0.29, 0.717) is 21.7 Å². The Bertz CT molecular complexity index is 1300. The van der Waals surface area contributed by atoms with Crippen molar-refractivity contribution >= 4 is 40.0 Å². The molecule has 0 fully saturated rings. The third kappa shape index (κ3) is 5.70. The van der Waals surface area contributed by atoms with Crippen molar-refractivity contribution in [1.29, 1.82) is 0 Å². The number of carbonyl (C=O) groups excluding carboxylic acids is 2. The highest BCUT2D eigenvalue weighted by atomic mass is 32.2. The maximum Gasteiger partial charge on any atom is 0.251 e. The number of hydrogen-bond acceptors (Lipinski definition) is 7. The van der Waals surface area contributed by atoms with Gasteiger partial charge in [0.25, 0.3) is 5.91 Å². The summed E-state index contributed by atoms with van der Waals surface area (Å²) in [5.74, 6) is 0.419. The van der Waals surface area contributed by atoms with E-state index < -0.39 is 0 Å². The van der Waals surface area contributed by atoms with Crippen LogP contribution in [0.2, 0.25) is 0 Å². The van der Waals surface area contributed by atoms with E-state index in [1.165, 1.54) is 23.1 Å². The number of carbonyl (C=O) groups is 2. The van der Waals surface area contributed by atoms with Crippen molar-refractivity contribution < 1.29 is 9.59 Å². The van der Waals surface area contributed by atoms with Gasteiger partial charge in [0.15, 0.2) is 16.1 Å². The molecule has 2 aromatic carbocycles. The number of aryl methyl sites for hydroxylation is 1. The molecule has 0 aliphatic heterocycles. The molecule has 0 saturated carbocycles. The normalized spacial score (nSPS) is 11.7. The van der Waals surface area contributed by atoms with Gasteiger partial charge in [-0.25, -0.2) is 4.98 Å². The van der Waals surface area contributed by atoms with Gasteiger partial charge in [-0.05, 0) is 26.0 Å². The van der Waals surface area contributed by atoms with E-state index in [2.05, 4.69) is 25.8 Å². The number of hydrogen-bond donors (Lipinski definition) is 2. The summed E-state index contributed by atoms with van der Waals surface area (Å²) in [7, 11) is 1.82. The number of amides is 2. The zero-order valence-electron chi connectivity index (χ0n) is 19.0. The summed E-state index contributed by atoms with van der Waals surface area (Å²) in [5.41, 5.74) is 3.44. The lowest BCUT2D eigenvalue weighted by atomic mass is 10.1. The Balaban J connectivity index is 1.32. The van der Waals surface area contributed by atoms with E-state index in [1.54, 1.807) is 10.6 Å². The van der Waals surface area contributed by atoms with Gasteiger partial charge >= 0.3 is 0 Å². The molecule has 2 amide bonds. The summed E-state index contributed by atoms with van der Waals surface area (Å²) in [6.07, 6.45) is 0. The first-order valence-corrected chi connectivity index (χ1v) is 12.5. The molecule has 2 heterocycles. The summed E-state index contributed by atoms with van der Waals surface area (Å²) < 4.78 is 1.79. The summed E-state index contributed by atoms with van der Waals surface area (Å²) >= 11 is 2.66. The standard InChI is InChI=1S/C24H24N6O2S2/c1-15-8-7-11-18(12-15)22(32)25-16(2)21-28-29-24(30(21)3)34-14-20(31)27-23-26-19(13-33-23)17-9-5-4-6-10-17/h4-13,16H,14H2,1-3H3,(H,25,32)(H,26,27,31)/t16-/m1/s1. The van der Waals surface area contributed by atoms with Crippen molar-refractivity contribution in [3.05, 3.63) is 76.9 Å². The van der Waals surface area contributed by atoms with Gasteiger partial charge in [0.05, 0.1) is 17.5 Å². The van der Waals surface area contributed by atoms with Crippen LogP contribution in [0.5, 0.6) is 0 Å². The second-order valence-electron chi connectivity index (χ2n) is 7.71. The van der Waals surface area contributed by atoms with Crippen LogP contribution >= 0.6 is 23.1 Å². The average molecular weight is 493 g/mol. The second-order valence-corrected chi connectivity index (χ2v) is 9.51. The molecular formula is C24H24N6O2S2. The third-order valence-corrected chi connectivity index (χ3v) is 6.81. The number of nitrogens with zero attached hydrogens (tertiary/aromatic N) is 4. The number of anilines is 1. The number of benzene rings is 2. The molecule has 0 aliphatic rings. The first kappa shape index (κ1) is 23.7. The zero-order chi connectivity index (χ0) is 24.1. The van der Waals surface area contributed by atoms with E-state index in [9.17, 15) is 9.59 Å². The molecule has 0 radical (unpaired) electrons. The SMILES string of the molecule is Cc1cccc(C(=O)N[C@H](C)c2nnc(SCC(=O)Nc3nc(-c4ccccc4)cs3)n2C)c1. The van der Waals surface area contributed by atoms with Gasteiger partial charge < -0.3 is 15.2 Å². The smallest absolute Gasteiger partial charge is 0.251 e. The van der Waals surface area contributed by atoms with Crippen LogP contribution in [-0.4, -0.2) is 37.3 Å². The van der Waals surface area contributed by atoms with Crippen LogP contribution in [0.4, 0.5) is 5.13 Å². The highest BCUT2D eigenvalue weighted by molar-refractivity contribution is 7.99. The van der Waals surface area contributed by atoms with Crippen molar-refractivity contribution in [3.8, 4) is 11.3 Å². The molecule has 2 N–H and O–H groups in total. The van der Waals surface area contributed by atoms with Crippen molar-refractivity contribution in [2.75, 3.05) is 11.1 Å². The molecule has 10 heteroatoms. The Labute approximate surface area is 205 Å². The van der Waals surface area contributed by atoms with Crippen LogP contribution in [0.15, 0.2) is 65.1 Å². The van der Waals surface area contributed by atoms with Crippen LogP contribution in [0.25, 0.3) is 11.3 Å². The minimum atomic E-state index is -0.347. The van der Waals surface area contributed by atoms with E-state index >= 15 is 0 Å². The molecule has 4 aromatic rings. The topological polar surface area (TPSA) is 102 Å². The highest BCUT2D eigenvalue weighted by Gasteiger charge is 2.19. The van der Waals surface area contributed by atoms with Gasteiger partial charge in [0.2, 0.25) is 5.91 Å². The Morgan fingerprint density at radius 3 is 2.68 bits per heavy atom. The summed E-state index contributed by atoms with van der Waals surface area (Å²) in [6.45, 7) is 3.80. The Hall–Kier alpha value is -3.50. The minimum Gasteiger partial charge on any atom is -0.342 e. The monoisotopic (exact) mass is 492 g/mol. The van der Waals surface area contributed by atoms with Crippen LogP contribution in [0.1, 0.15) is 34.7 Å². The molecular weight excluding hydrogens is 468 g/mol. The molecule has 1 atom stereocenters. The Morgan fingerprint density at radius 1 is 1.12 bits per heavy atom. The fourth-order valence-corrected chi connectivity index (χ4v) is 4.77. The van der Waals surface area contributed by atoms with Crippen molar-refractivity contribution in [1.82, 2.24) is 25.1 Å². The van der Waals surface area contributed by atoms with Gasteiger partial charge in [-0.3, -0.25) is 9.59 Å². The fourth-order valence-electron chi connectivity index (χ4n) is 3.32. The van der Waals surface area contributed by atoms with Crippen LogP contribution in [0.3, 0.4) is 0 Å². The van der Waals surface area contributed by atoms with Crippen molar-refractivity contribution in [2.45, 2.75) is 25.0 Å². The molecule has 2 aromatic heterocycles. The van der Waals surface area contributed by atoms with E-state index in [1.807, 2.05) is 74.8 Å². The maximum atomic E-state index is 12.5. The highest BCUT2D eigenvalue weighted by Crippen LogP contribution is 2.25. The summed E-state index contributed by atoms with van der Waals surface area (Å²) in [5, 5.41) is 17.2. The van der Waals surface area contributed by atoms with Gasteiger partial charge in [0.1, 0.15) is 0 Å². The lowest BCUT2D eigenvalue weighted by molar-refractivity contribution is -0.113. The Kier molecular flexibility index (Phi) is 7.39. The first-order valence-electron chi connectivity index (χ1n) is 10.6. The molecule has 174 valence electrons. The minimum absolute atomic E-state index is 0.163. The number of nitrogens with one attached hydrogen (secondary N) is 2. The fraction of sp³-hybridized carbons (Fsp3) is 0.208. The first-order chi connectivity index (χ1) is 16.4. The lowest BCUT2D eigenvalue weighted by Gasteiger charge is -2.14. The number of rotatable bonds is 8. The number of thioether (sulfide) groups is 1. The quantitative estimate of drug-likeness (QED) is 0.352. The predicted molar refractivity (Wildman–Crippen MR) is 135 cm³/mol. The van der Waals surface area contributed by atoms with E-state index in [0.717, 1.165) is 16.8 Å². The van der Waals surface area contributed by atoms with Crippen LogP contribution < -0.4 is 10.6 Å². The summed E-state index contributed by atoms with van der Waals surface area (Å²) in [6, 6.07) is 16.9. The molecule has 4 rings (SSSR count). The van der Waals surface area contributed by atoms with Gasteiger partial charge in [-0.15, -0.1) is 21.5 Å². The predicted octanol–water partition coefficient (Wildman–Crippen LogP) is 4.47. The molecule has 0 unspecified atom stereocenters. The molecule has 0 aliphatic carbocycles. The van der Waals surface area contributed by atoms with Crippen molar-refractivity contribution in [2.24, 2.45) is 7.05 Å². The Morgan fingerprint density at radius 2 is 1.91 bits per heavy atom. The van der Waals surface area contributed by atoms with Crippen molar-refractivity contribution in [3.63, 3.8) is 0 Å². The van der Waals surface area contributed by atoms with Gasteiger partial charge in [0, 0.05) is 23.6 Å². The molecule has 34 heavy (non-hydrogen) atoms. The van der Waals surface area contributed by atoms with E-state index in [4.69, 9.17) is 0 Å². The van der Waals surface area contributed by atoms with Gasteiger partial charge in [-0.1, -0.05) is 59.8 Å². The molecule has 8 nitrogen and oxygen atoms in total. The van der Waals surface area contributed by atoms with E-state index in [-0.39, 0.29) is 23.6 Å².